The molecule has 0 bridgehead atoms. The summed E-state index contributed by atoms with van der Waals surface area (Å²) in [6.45, 7) is 2.04. The summed E-state index contributed by atoms with van der Waals surface area (Å²) >= 11 is 0. The van der Waals surface area contributed by atoms with Crippen molar-refractivity contribution >= 4 is 23.3 Å². The Balaban J connectivity index is 1.09. The summed E-state index contributed by atoms with van der Waals surface area (Å²) in [5, 5.41) is 5.74. The van der Waals surface area contributed by atoms with E-state index in [1.54, 1.807) is 6.20 Å². The fraction of sp³-hybridized carbons (Fsp3) is 0.348. The molecule has 5 rings (SSSR count). The number of rotatable bonds is 6. The minimum absolute atomic E-state index is 0.244. The van der Waals surface area contributed by atoms with Crippen molar-refractivity contribution < 1.29 is 9.59 Å². The molecule has 30 heavy (non-hydrogen) atoms. The van der Waals surface area contributed by atoms with E-state index in [2.05, 4.69) is 15.6 Å². The first-order valence-electron chi connectivity index (χ1n) is 10.5. The third-order valence-electron chi connectivity index (χ3n) is 5.95. The molecule has 154 valence electrons. The maximum atomic E-state index is 12.2. The van der Waals surface area contributed by atoms with Crippen molar-refractivity contribution in [1.82, 2.24) is 19.6 Å². The van der Waals surface area contributed by atoms with E-state index in [1.165, 1.54) is 18.4 Å². The van der Waals surface area contributed by atoms with Crippen molar-refractivity contribution in [3.8, 4) is 0 Å². The first kappa shape index (κ1) is 18.7. The summed E-state index contributed by atoms with van der Waals surface area (Å²) in [5.41, 5.74) is 3.81. The number of likely N-dealkylation sites (tertiary alicyclic amines) is 1. The smallest absolute Gasteiger partial charge is 0.319 e. The molecule has 0 atom stereocenters. The third-order valence-corrected chi connectivity index (χ3v) is 5.95. The van der Waals surface area contributed by atoms with Gasteiger partial charge in [-0.05, 0) is 54.2 Å². The van der Waals surface area contributed by atoms with Gasteiger partial charge in [0.25, 0.3) is 0 Å². The van der Waals surface area contributed by atoms with Gasteiger partial charge in [-0.15, -0.1) is 0 Å². The molecule has 7 nitrogen and oxygen atoms in total. The molecule has 0 radical (unpaired) electrons. The minimum Gasteiger partial charge on any atom is -0.341 e. The summed E-state index contributed by atoms with van der Waals surface area (Å²) in [6.07, 6.45) is 8.71. The molecule has 0 unspecified atom stereocenters. The van der Waals surface area contributed by atoms with Crippen LogP contribution in [-0.2, 0) is 11.3 Å². The van der Waals surface area contributed by atoms with Crippen LogP contribution in [0.25, 0.3) is 5.65 Å². The van der Waals surface area contributed by atoms with E-state index in [0.717, 1.165) is 36.4 Å². The Morgan fingerprint density at radius 3 is 2.63 bits per heavy atom. The van der Waals surface area contributed by atoms with Gasteiger partial charge < -0.3 is 19.9 Å². The molecule has 2 fully saturated rings. The van der Waals surface area contributed by atoms with Gasteiger partial charge >= 0.3 is 6.03 Å². The van der Waals surface area contributed by atoms with Gasteiger partial charge in [-0.3, -0.25) is 4.79 Å². The lowest BCUT2D eigenvalue weighted by molar-refractivity contribution is -0.136. The maximum absolute atomic E-state index is 12.2. The van der Waals surface area contributed by atoms with Gasteiger partial charge in [0.05, 0.1) is 0 Å². The molecule has 2 N–H and O–H groups in total. The Bertz CT molecular complexity index is 1060. The van der Waals surface area contributed by atoms with E-state index in [0.29, 0.717) is 24.3 Å². The number of hydrogen-bond acceptors (Lipinski definition) is 3. The predicted molar refractivity (Wildman–Crippen MR) is 114 cm³/mol. The van der Waals surface area contributed by atoms with Crippen molar-refractivity contribution in [3.05, 3.63) is 66.1 Å². The van der Waals surface area contributed by atoms with Crippen LogP contribution in [0.1, 0.15) is 36.3 Å². The van der Waals surface area contributed by atoms with E-state index in [1.807, 2.05) is 58.1 Å². The molecule has 1 saturated carbocycles. The van der Waals surface area contributed by atoms with Crippen molar-refractivity contribution in [3.63, 3.8) is 0 Å². The highest BCUT2D eigenvalue weighted by molar-refractivity contribution is 5.89. The molecule has 2 aromatic heterocycles. The zero-order valence-electron chi connectivity index (χ0n) is 16.8. The largest absolute Gasteiger partial charge is 0.341 e. The second-order valence-electron chi connectivity index (χ2n) is 8.30. The molecule has 3 aromatic rings. The summed E-state index contributed by atoms with van der Waals surface area (Å²) in [7, 11) is 0. The van der Waals surface area contributed by atoms with Gasteiger partial charge in [-0.1, -0.05) is 12.1 Å². The fourth-order valence-corrected chi connectivity index (χ4v) is 3.85. The lowest BCUT2D eigenvalue weighted by Crippen LogP contribution is -2.48. The number of fused-ring (bicyclic) bond motifs is 1. The number of urea groups is 1. The second kappa shape index (κ2) is 7.82. The first-order chi connectivity index (χ1) is 14.6. The van der Waals surface area contributed by atoms with E-state index in [-0.39, 0.29) is 6.03 Å². The van der Waals surface area contributed by atoms with Crippen LogP contribution in [0, 0.1) is 5.92 Å². The highest BCUT2D eigenvalue weighted by Gasteiger charge is 2.34. The molecule has 0 spiro atoms. The van der Waals surface area contributed by atoms with Crippen LogP contribution >= 0.6 is 0 Å². The monoisotopic (exact) mass is 403 g/mol. The average molecular weight is 403 g/mol. The van der Waals surface area contributed by atoms with Crippen LogP contribution in [0.2, 0.25) is 0 Å². The van der Waals surface area contributed by atoms with Crippen LogP contribution in [0.5, 0.6) is 0 Å². The van der Waals surface area contributed by atoms with E-state index >= 15 is 0 Å². The lowest BCUT2D eigenvalue weighted by Gasteiger charge is -2.39. The molecule has 1 aliphatic heterocycles. The highest BCUT2D eigenvalue weighted by atomic mass is 16.2. The van der Waals surface area contributed by atoms with Gasteiger partial charge in [-0.2, -0.15) is 0 Å². The number of anilines is 1. The highest BCUT2D eigenvalue weighted by Crippen LogP contribution is 2.35. The van der Waals surface area contributed by atoms with E-state index in [4.69, 9.17) is 0 Å². The number of nitrogens with zero attached hydrogens (tertiary/aromatic N) is 3. The van der Waals surface area contributed by atoms with Crippen molar-refractivity contribution in [1.29, 1.82) is 0 Å². The summed E-state index contributed by atoms with van der Waals surface area (Å²) in [4.78, 5) is 30.5. The Morgan fingerprint density at radius 1 is 1.07 bits per heavy atom. The summed E-state index contributed by atoms with van der Waals surface area (Å²) in [5.74, 6) is 1.34. The van der Waals surface area contributed by atoms with E-state index in [9.17, 15) is 9.59 Å². The predicted octanol–water partition coefficient (Wildman–Crippen LogP) is 3.38. The number of benzene rings is 1. The number of aromatic nitrogens is 2. The summed E-state index contributed by atoms with van der Waals surface area (Å²) in [6, 6.07) is 11.6. The van der Waals surface area contributed by atoms with Crippen LogP contribution in [0.4, 0.5) is 10.5 Å². The number of amides is 3. The molecular weight excluding hydrogens is 378 g/mol. The molecule has 3 heterocycles. The quantitative estimate of drug-likeness (QED) is 0.662. The Hall–Kier alpha value is -3.35. The number of carbonyl (C=O) groups is 2. The van der Waals surface area contributed by atoms with Gasteiger partial charge in [-0.25, -0.2) is 9.78 Å². The molecule has 3 amide bonds. The number of pyridine rings is 1. The van der Waals surface area contributed by atoms with Crippen LogP contribution in [0.3, 0.4) is 0 Å². The van der Waals surface area contributed by atoms with Gasteiger partial charge in [0, 0.05) is 56.3 Å². The molecule has 7 heteroatoms. The third kappa shape index (κ3) is 4.15. The summed E-state index contributed by atoms with van der Waals surface area (Å²) < 4.78 is 1.93. The first-order valence-corrected chi connectivity index (χ1v) is 10.5. The van der Waals surface area contributed by atoms with Crippen molar-refractivity contribution in [2.75, 3.05) is 18.4 Å². The Kier molecular flexibility index (Phi) is 4.86. The zero-order valence-corrected chi connectivity index (χ0v) is 16.8. The number of nitrogens with one attached hydrogen (secondary N) is 2. The average Bonchev–Trinajstić information content (AvgIpc) is 3.39. The van der Waals surface area contributed by atoms with Crippen LogP contribution in [0.15, 0.2) is 55.0 Å². The minimum atomic E-state index is -0.244. The number of hydrogen-bond donors (Lipinski definition) is 2. The van der Waals surface area contributed by atoms with Gasteiger partial charge in [0.2, 0.25) is 5.91 Å². The molecule has 1 aromatic carbocycles. The van der Waals surface area contributed by atoms with Gasteiger partial charge in [0.1, 0.15) is 5.65 Å². The van der Waals surface area contributed by atoms with Crippen molar-refractivity contribution in [2.24, 2.45) is 5.92 Å². The SMILES string of the molecule is O=C(NCc1ccn2ccnc2c1)Nc1ccc(C2CN(C(=O)CC3CC3)C2)cc1. The maximum Gasteiger partial charge on any atom is 0.319 e. The standard InChI is InChI=1S/C23H25N5O2/c29-22(12-16-1-2-16)28-14-19(15-28)18-3-5-20(6-4-18)26-23(30)25-13-17-7-9-27-10-8-24-21(27)11-17/h3-11,16,19H,1-2,12-15H2,(H2,25,26,30). The van der Waals surface area contributed by atoms with Crippen LogP contribution < -0.4 is 10.6 Å². The second-order valence-corrected chi connectivity index (χ2v) is 8.30. The normalized spacial score (nSPS) is 16.3. The van der Waals surface area contributed by atoms with Crippen LogP contribution in [-0.4, -0.2) is 39.3 Å². The Labute approximate surface area is 175 Å². The molecule has 2 aliphatic rings. The zero-order chi connectivity index (χ0) is 20.5. The topological polar surface area (TPSA) is 78.7 Å². The fourth-order valence-electron chi connectivity index (χ4n) is 3.85. The molecule has 1 aliphatic carbocycles. The Morgan fingerprint density at radius 2 is 1.87 bits per heavy atom. The van der Waals surface area contributed by atoms with Crippen molar-refractivity contribution in [2.45, 2.75) is 31.7 Å². The molecule has 1 saturated heterocycles. The molecular formula is C23H25N5O2. The number of carbonyl (C=O) groups excluding carboxylic acids is 2. The van der Waals surface area contributed by atoms with E-state index < -0.39 is 0 Å². The lowest BCUT2D eigenvalue weighted by atomic mass is 9.91. The number of imidazole rings is 1. The van der Waals surface area contributed by atoms with Gasteiger partial charge in [0.15, 0.2) is 0 Å².